The van der Waals surface area contributed by atoms with Crippen LogP contribution < -0.4 is 0 Å². The lowest BCUT2D eigenvalue weighted by molar-refractivity contribution is 0.0792. The zero-order chi connectivity index (χ0) is 13.7. The van der Waals surface area contributed by atoms with Gasteiger partial charge < -0.3 is 9.84 Å². The molecular weight excluding hydrogens is 240 g/mol. The van der Waals surface area contributed by atoms with Crippen molar-refractivity contribution in [1.29, 1.82) is 5.41 Å². The molecule has 0 atom stereocenters. The van der Waals surface area contributed by atoms with E-state index in [1.54, 1.807) is 0 Å². The summed E-state index contributed by atoms with van der Waals surface area (Å²) in [5, 5.41) is 17.5. The zero-order valence-corrected chi connectivity index (χ0v) is 11.4. The Hall–Kier alpha value is -1.39. The van der Waals surface area contributed by atoms with Gasteiger partial charge in [-0.05, 0) is 31.4 Å². The number of aliphatic hydroxyl groups is 1. The third-order valence-corrected chi connectivity index (χ3v) is 3.50. The maximum atomic E-state index is 9.53. The van der Waals surface area contributed by atoms with Crippen molar-refractivity contribution in [2.75, 3.05) is 19.7 Å². The number of piperidine rings is 1. The second-order valence-corrected chi connectivity index (χ2v) is 4.93. The van der Waals surface area contributed by atoms with Gasteiger partial charge in [0.15, 0.2) is 0 Å². The van der Waals surface area contributed by atoms with Crippen LogP contribution in [0.15, 0.2) is 24.3 Å². The number of benzene rings is 1. The number of hydrogen-bond acceptors (Lipinski definition) is 4. The molecule has 1 aromatic carbocycles. The Kier molecular flexibility index (Phi) is 4.93. The summed E-state index contributed by atoms with van der Waals surface area (Å²) < 4.78 is 5.30. The first-order valence-corrected chi connectivity index (χ1v) is 6.90. The van der Waals surface area contributed by atoms with Crippen LogP contribution in [0, 0.1) is 5.41 Å². The van der Waals surface area contributed by atoms with Gasteiger partial charge in [-0.25, -0.2) is 0 Å². The first kappa shape index (κ1) is 14.0. The number of aliphatic hydroxyl groups excluding tert-OH is 1. The summed E-state index contributed by atoms with van der Waals surface area (Å²) in [7, 11) is 0. The Morgan fingerprint density at radius 3 is 2.74 bits per heavy atom. The number of rotatable bonds is 4. The highest BCUT2D eigenvalue weighted by Crippen LogP contribution is 2.17. The van der Waals surface area contributed by atoms with E-state index in [-0.39, 0.29) is 12.0 Å². The van der Waals surface area contributed by atoms with Gasteiger partial charge in [-0.1, -0.05) is 18.2 Å². The van der Waals surface area contributed by atoms with E-state index in [0.717, 1.165) is 43.6 Å². The van der Waals surface area contributed by atoms with Gasteiger partial charge in [0.1, 0.15) is 0 Å². The molecule has 0 bridgehead atoms. The molecule has 0 amide bonds. The number of nitrogens with zero attached hydrogens (tertiary/aromatic N) is 1. The summed E-state index contributed by atoms with van der Waals surface area (Å²) in [6.45, 7) is 5.06. The summed E-state index contributed by atoms with van der Waals surface area (Å²) in [5.41, 5.74) is 1.99. The van der Waals surface area contributed by atoms with Crippen molar-refractivity contribution < 1.29 is 9.84 Å². The Labute approximate surface area is 114 Å². The molecular formula is C15H22N2O2. The van der Waals surface area contributed by atoms with E-state index in [4.69, 9.17) is 10.1 Å². The SMILES string of the molecule is CCOC(=N)c1ccccc1CN1CCC(O)CC1. The molecule has 104 valence electrons. The van der Waals surface area contributed by atoms with Crippen LogP contribution in [-0.2, 0) is 11.3 Å². The second kappa shape index (κ2) is 6.68. The van der Waals surface area contributed by atoms with Crippen molar-refractivity contribution in [1.82, 2.24) is 4.90 Å². The third-order valence-electron chi connectivity index (χ3n) is 3.50. The highest BCUT2D eigenvalue weighted by Gasteiger charge is 2.18. The minimum atomic E-state index is -0.145. The molecule has 19 heavy (non-hydrogen) atoms. The summed E-state index contributed by atoms with van der Waals surface area (Å²) in [4.78, 5) is 2.32. The molecule has 2 rings (SSSR count). The molecule has 0 aromatic heterocycles. The largest absolute Gasteiger partial charge is 0.478 e. The highest BCUT2D eigenvalue weighted by atomic mass is 16.5. The number of nitrogens with one attached hydrogen (secondary N) is 1. The van der Waals surface area contributed by atoms with E-state index in [2.05, 4.69) is 4.90 Å². The monoisotopic (exact) mass is 262 g/mol. The first-order chi connectivity index (χ1) is 9.20. The average Bonchev–Trinajstić information content (AvgIpc) is 2.42. The highest BCUT2D eigenvalue weighted by molar-refractivity contribution is 5.93. The molecule has 4 nitrogen and oxygen atoms in total. The predicted molar refractivity (Wildman–Crippen MR) is 75.4 cm³/mol. The molecule has 4 heteroatoms. The lowest BCUT2D eigenvalue weighted by Gasteiger charge is -2.30. The normalized spacial score (nSPS) is 17.4. The van der Waals surface area contributed by atoms with Crippen molar-refractivity contribution in [2.24, 2.45) is 0 Å². The van der Waals surface area contributed by atoms with Crippen LogP contribution in [-0.4, -0.2) is 41.7 Å². The first-order valence-electron chi connectivity index (χ1n) is 6.90. The van der Waals surface area contributed by atoms with E-state index in [9.17, 15) is 5.11 Å². The van der Waals surface area contributed by atoms with Crippen LogP contribution >= 0.6 is 0 Å². The maximum Gasteiger partial charge on any atom is 0.213 e. The smallest absolute Gasteiger partial charge is 0.213 e. The fourth-order valence-corrected chi connectivity index (χ4v) is 2.42. The van der Waals surface area contributed by atoms with E-state index >= 15 is 0 Å². The molecule has 1 saturated heterocycles. The molecule has 1 aliphatic heterocycles. The van der Waals surface area contributed by atoms with Crippen LogP contribution in [0.3, 0.4) is 0 Å². The van der Waals surface area contributed by atoms with Gasteiger partial charge in [-0.3, -0.25) is 10.3 Å². The van der Waals surface area contributed by atoms with Gasteiger partial charge in [0.25, 0.3) is 0 Å². The minimum Gasteiger partial charge on any atom is -0.478 e. The van der Waals surface area contributed by atoms with E-state index < -0.39 is 0 Å². The fraction of sp³-hybridized carbons (Fsp3) is 0.533. The molecule has 1 aliphatic rings. The van der Waals surface area contributed by atoms with Gasteiger partial charge >= 0.3 is 0 Å². The Morgan fingerprint density at radius 1 is 1.37 bits per heavy atom. The topological polar surface area (TPSA) is 56.5 Å². The van der Waals surface area contributed by atoms with E-state index in [1.165, 1.54) is 0 Å². The van der Waals surface area contributed by atoms with Crippen LogP contribution in [0.2, 0.25) is 0 Å². The zero-order valence-electron chi connectivity index (χ0n) is 11.4. The summed E-state index contributed by atoms with van der Waals surface area (Å²) in [6.07, 6.45) is 1.53. The average molecular weight is 262 g/mol. The Bertz CT molecular complexity index is 426. The molecule has 0 saturated carbocycles. The third kappa shape index (κ3) is 3.78. The van der Waals surface area contributed by atoms with E-state index in [1.807, 2.05) is 31.2 Å². The van der Waals surface area contributed by atoms with Crippen LogP contribution in [0.25, 0.3) is 0 Å². The molecule has 0 spiro atoms. The summed E-state index contributed by atoms with van der Waals surface area (Å²) in [6, 6.07) is 7.92. The van der Waals surface area contributed by atoms with Crippen molar-refractivity contribution in [3.63, 3.8) is 0 Å². The van der Waals surface area contributed by atoms with Gasteiger partial charge in [0.05, 0.1) is 12.7 Å². The van der Waals surface area contributed by atoms with Crippen LogP contribution in [0.5, 0.6) is 0 Å². The molecule has 0 aliphatic carbocycles. The summed E-state index contributed by atoms with van der Waals surface area (Å²) >= 11 is 0. The van der Waals surface area contributed by atoms with Crippen LogP contribution in [0.4, 0.5) is 0 Å². The number of ether oxygens (including phenoxy) is 1. The van der Waals surface area contributed by atoms with Gasteiger partial charge in [0.2, 0.25) is 5.90 Å². The molecule has 0 radical (unpaired) electrons. The van der Waals surface area contributed by atoms with Gasteiger partial charge in [-0.2, -0.15) is 0 Å². The molecule has 1 aromatic rings. The standard InChI is InChI=1S/C15H22N2O2/c1-2-19-15(16)14-6-4-3-5-12(14)11-17-9-7-13(18)8-10-17/h3-6,13,16,18H,2,7-11H2,1H3. The van der Waals surface area contributed by atoms with Crippen molar-refractivity contribution in [3.8, 4) is 0 Å². The maximum absolute atomic E-state index is 9.53. The Balaban J connectivity index is 2.05. The van der Waals surface area contributed by atoms with Crippen molar-refractivity contribution >= 4 is 5.90 Å². The molecule has 1 heterocycles. The summed E-state index contributed by atoms with van der Waals surface area (Å²) in [5.74, 6) is 0.246. The Morgan fingerprint density at radius 2 is 2.05 bits per heavy atom. The van der Waals surface area contributed by atoms with Crippen molar-refractivity contribution in [2.45, 2.75) is 32.4 Å². The molecule has 1 fully saturated rings. The van der Waals surface area contributed by atoms with Gasteiger partial charge in [0, 0.05) is 25.2 Å². The predicted octanol–water partition coefficient (Wildman–Crippen LogP) is 2.01. The number of hydrogen-bond donors (Lipinski definition) is 2. The minimum absolute atomic E-state index is 0.145. The lowest BCUT2D eigenvalue weighted by Crippen LogP contribution is -2.35. The quantitative estimate of drug-likeness (QED) is 0.644. The number of likely N-dealkylation sites (tertiary alicyclic amines) is 1. The van der Waals surface area contributed by atoms with Crippen molar-refractivity contribution in [3.05, 3.63) is 35.4 Å². The fourth-order valence-electron chi connectivity index (χ4n) is 2.42. The van der Waals surface area contributed by atoms with Crippen LogP contribution in [0.1, 0.15) is 30.9 Å². The van der Waals surface area contributed by atoms with E-state index in [0.29, 0.717) is 6.61 Å². The molecule has 2 N–H and O–H groups in total. The second-order valence-electron chi connectivity index (χ2n) is 4.93. The van der Waals surface area contributed by atoms with Gasteiger partial charge in [-0.15, -0.1) is 0 Å². The lowest BCUT2D eigenvalue weighted by atomic mass is 10.0. The molecule has 0 unspecified atom stereocenters.